The number of fused-ring (bicyclic) bond motifs is 1. The highest BCUT2D eigenvalue weighted by Crippen LogP contribution is 2.24. The van der Waals surface area contributed by atoms with Crippen LogP contribution in [0.15, 0.2) is 22.6 Å². The minimum Gasteiger partial charge on any atom is -0.423 e. The molecule has 6 heteroatoms. The highest BCUT2D eigenvalue weighted by Gasteiger charge is 2.18. The number of anilines is 1. The van der Waals surface area contributed by atoms with Crippen molar-refractivity contribution in [3.8, 4) is 12.3 Å². The van der Waals surface area contributed by atoms with Gasteiger partial charge in [0.1, 0.15) is 5.52 Å². The van der Waals surface area contributed by atoms with Gasteiger partial charge in [0.05, 0.1) is 16.5 Å². The van der Waals surface area contributed by atoms with Crippen LogP contribution < -0.4 is 5.32 Å². The first-order chi connectivity index (χ1) is 8.41. The number of rotatable bonds is 3. The number of nitro benzene ring substituents is 1. The molecule has 1 aromatic heterocycles. The van der Waals surface area contributed by atoms with Crippen molar-refractivity contribution in [1.82, 2.24) is 4.98 Å². The molecule has 0 bridgehead atoms. The maximum absolute atomic E-state index is 10.6. The van der Waals surface area contributed by atoms with Gasteiger partial charge in [-0.3, -0.25) is 10.1 Å². The zero-order valence-electron chi connectivity index (χ0n) is 9.93. The maximum Gasteiger partial charge on any atom is 0.296 e. The largest absolute Gasteiger partial charge is 0.423 e. The van der Waals surface area contributed by atoms with E-state index in [2.05, 4.69) is 16.2 Å². The normalized spacial score (nSPS) is 11.2. The summed E-state index contributed by atoms with van der Waals surface area (Å²) in [7, 11) is 0. The van der Waals surface area contributed by atoms with E-state index in [-0.39, 0.29) is 11.7 Å². The minimum absolute atomic E-state index is 0.0404. The average molecular weight is 245 g/mol. The average Bonchev–Trinajstić information content (AvgIpc) is 2.68. The van der Waals surface area contributed by atoms with Gasteiger partial charge in [-0.15, -0.1) is 6.42 Å². The molecule has 0 atom stereocenters. The summed E-state index contributed by atoms with van der Waals surface area (Å²) in [6.45, 7) is 3.59. The Morgan fingerprint density at radius 1 is 1.56 bits per heavy atom. The lowest BCUT2D eigenvalue weighted by Gasteiger charge is -2.17. The van der Waals surface area contributed by atoms with Crippen LogP contribution in [0.3, 0.4) is 0 Å². The molecule has 0 aliphatic heterocycles. The van der Waals surface area contributed by atoms with Gasteiger partial charge in [0, 0.05) is 6.07 Å². The van der Waals surface area contributed by atoms with Crippen molar-refractivity contribution in [3.63, 3.8) is 0 Å². The van der Waals surface area contributed by atoms with E-state index in [0.717, 1.165) is 0 Å². The van der Waals surface area contributed by atoms with Crippen LogP contribution in [0.5, 0.6) is 0 Å². The minimum atomic E-state index is -0.604. The maximum atomic E-state index is 10.6. The Kier molecular flexibility index (Phi) is 2.67. The number of oxazole rings is 1. The lowest BCUT2D eigenvalue weighted by Crippen LogP contribution is -2.28. The predicted molar refractivity (Wildman–Crippen MR) is 67.2 cm³/mol. The van der Waals surface area contributed by atoms with Crippen molar-refractivity contribution in [2.45, 2.75) is 19.4 Å². The van der Waals surface area contributed by atoms with Crippen LogP contribution in [0.1, 0.15) is 13.8 Å². The zero-order valence-corrected chi connectivity index (χ0v) is 9.93. The monoisotopic (exact) mass is 245 g/mol. The summed E-state index contributed by atoms with van der Waals surface area (Å²) in [6.07, 6.45) is 5.34. The van der Waals surface area contributed by atoms with E-state index in [1.54, 1.807) is 13.8 Å². The molecular formula is C12H11N3O3. The Morgan fingerprint density at radius 3 is 2.89 bits per heavy atom. The standard InChI is InChI=1S/C12H11N3O3/c1-4-12(2,3)14-11-13-9-6-5-8(15(16)17)7-10(9)18-11/h1,5-7H,2-3H3,(H,13,14). The summed E-state index contributed by atoms with van der Waals surface area (Å²) < 4.78 is 5.37. The summed E-state index contributed by atoms with van der Waals surface area (Å²) in [4.78, 5) is 14.3. The van der Waals surface area contributed by atoms with Gasteiger partial charge in [-0.1, -0.05) is 5.92 Å². The first-order valence-electron chi connectivity index (χ1n) is 5.22. The third-order valence-corrected chi connectivity index (χ3v) is 2.36. The van der Waals surface area contributed by atoms with E-state index >= 15 is 0 Å². The third kappa shape index (κ3) is 2.25. The Morgan fingerprint density at radius 2 is 2.28 bits per heavy atom. The number of hydrogen-bond acceptors (Lipinski definition) is 5. The van der Waals surface area contributed by atoms with Gasteiger partial charge < -0.3 is 9.73 Å². The van der Waals surface area contributed by atoms with E-state index in [4.69, 9.17) is 10.8 Å². The lowest BCUT2D eigenvalue weighted by atomic mass is 10.1. The highest BCUT2D eigenvalue weighted by molar-refractivity contribution is 5.77. The number of benzene rings is 1. The van der Waals surface area contributed by atoms with E-state index in [9.17, 15) is 10.1 Å². The zero-order chi connectivity index (χ0) is 13.3. The molecule has 0 aliphatic carbocycles. The molecule has 0 amide bonds. The molecule has 2 rings (SSSR count). The molecule has 0 unspecified atom stereocenters. The summed E-state index contributed by atoms with van der Waals surface area (Å²) in [6, 6.07) is 4.48. The van der Waals surface area contributed by atoms with Crippen LogP contribution >= 0.6 is 0 Å². The van der Waals surface area contributed by atoms with Gasteiger partial charge in [-0.05, 0) is 19.9 Å². The Balaban J connectivity index is 2.39. The fourth-order valence-electron chi connectivity index (χ4n) is 1.38. The molecule has 2 aromatic rings. The summed E-state index contributed by atoms with van der Waals surface area (Å²) in [5.41, 5.74) is 0.240. The van der Waals surface area contributed by atoms with Gasteiger partial charge in [-0.25, -0.2) is 0 Å². The molecule has 1 heterocycles. The Hall–Kier alpha value is -2.55. The van der Waals surface area contributed by atoms with Crippen LogP contribution in [-0.4, -0.2) is 15.4 Å². The molecule has 18 heavy (non-hydrogen) atoms. The number of nitrogens with zero attached hydrogens (tertiary/aromatic N) is 2. The predicted octanol–water partition coefficient (Wildman–Crippen LogP) is 2.56. The first kappa shape index (κ1) is 11.9. The van der Waals surface area contributed by atoms with Gasteiger partial charge in [0.15, 0.2) is 5.58 Å². The molecule has 0 saturated carbocycles. The fourth-order valence-corrected chi connectivity index (χ4v) is 1.38. The first-order valence-corrected chi connectivity index (χ1v) is 5.22. The number of nitrogens with one attached hydrogen (secondary N) is 1. The molecule has 0 spiro atoms. The van der Waals surface area contributed by atoms with Crippen molar-refractivity contribution in [2.75, 3.05) is 5.32 Å². The number of aromatic nitrogens is 1. The Bertz CT molecular complexity index is 652. The number of hydrogen-bond donors (Lipinski definition) is 1. The van der Waals surface area contributed by atoms with Crippen molar-refractivity contribution >= 4 is 22.8 Å². The second-order valence-electron chi connectivity index (χ2n) is 4.32. The molecule has 0 saturated heterocycles. The molecule has 1 N–H and O–H groups in total. The molecule has 0 aliphatic rings. The van der Waals surface area contributed by atoms with Crippen LogP contribution in [0.25, 0.3) is 11.1 Å². The second kappa shape index (κ2) is 4.04. The second-order valence-corrected chi connectivity index (χ2v) is 4.32. The topological polar surface area (TPSA) is 81.2 Å². The van der Waals surface area contributed by atoms with Crippen molar-refractivity contribution in [2.24, 2.45) is 0 Å². The summed E-state index contributed by atoms with van der Waals surface area (Å²) in [5, 5.41) is 13.6. The fraction of sp³-hybridized carbons (Fsp3) is 0.250. The smallest absolute Gasteiger partial charge is 0.296 e. The number of nitro groups is 1. The Labute approximate surface area is 103 Å². The number of non-ortho nitro benzene ring substituents is 1. The lowest BCUT2D eigenvalue weighted by molar-refractivity contribution is -0.384. The van der Waals surface area contributed by atoms with Crippen LogP contribution in [-0.2, 0) is 0 Å². The molecule has 0 radical (unpaired) electrons. The highest BCUT2D eigenvalue weighted by atomic mass is 16.6. The van der Waals surface area contributed by atoms with Crippen molar-refractivity contribution in [1.29, 1.82) is 0 Å². The van der Waals surface area contributed by atoms with E-state index in [0.29, 0.717) is 11.1 Å². The third-order valence-electron chi connectivity index (χ3n) is 2.36. The summed E-state index contributed by atoms with van der Waals surface area (Å²) >= 11 is 0. The molecule has 92 valence electrons. The van der Waals surface area contributed by atoms with Crippen LogP contribution in [0, 0.1) is 22.5 Å². The van der Waals surface area contributed by atoms with Crippen molar-refractivity contribution < 1.29 is 9.34 Å². The molecule has 0 fully saturated rings. The molecule has 6 nitrogen and oxygen atoms in total. The van der Waals surface area contributed by atoms with Gasteiger partial charge in [0.2, 0.25) is 0 Å². The van der Waals surface area contributed by atoms with E-state index < -0.39 is 10.5 Å². The quantitative estimate of drug-likeness (QED) is 0.510. The van der Waals surface area contributed by atoms with Gasteiger partial charge in [0.25, 0.3) is 11.7 Å². The number of terminal acetylenes is 1. The summed E-state index contributed by atoms with van der Waals surface area (Å²) in [5.74, 6) is 2.54. The van der Waals surface area contributed by atoms with Gasteiger partial charge in [-0.2, -0.15) is 4.98 Å². The van der Waals surface area contributed by atoms with Crippen LogP contribution in [0.2, 0.25) is 0 Å². The van der Waals surface area contributed by atoms with E-state index in [1.165, 1.54) is 18.2 Å². The molecular weight excluding hydrogens is 234 g/mol. The SMILES string of the molecule is C#CC(C)(C)Nc1nc2ccc([N+](=O)[O-])cc2o1. The van der Waals surface area contributed by atoms with Gasteiger partial charge >= 0.3 is 0 Å². The molecule has 1 aromatic carbocycles. The van der Waals surface area contributed by atoms with E-state index in [1.807, 2.05) is 0 Å². The van der Waals surface area contributed by atoms with Crippen molar-refractivity contribution in [3.05, 3.63) is 28.3 Å². The van der Waals surface area contributed by atoms with Crippen LogP contribution in [0.4, 0.5) is 11.7 Å².